The zero-order valence-corrected chi connectivity index (χ0v) is 14.4. The van der Waals surface area contributed by atoms with Gasteiger partial charge in [-0.15, -0.1) is 0 Å². The molecule has 2 aliphatic rings. The van der Waals surface area contributed by atoms with Gasteiger partial charge in [-0.2, -0.15) is 10.3 Å². The molecule has 2 aliphatic heterocycles. The third-order valence-electron chi connectivity index (χ3n) is 4.22. The average molecular weight is 378 g/mol. The van der Waals surface area contributed by atoms with Crippen molar-refractivity contribution in [1.82, 2.24) is 0 Å². The van der Waals surface area contributed by atoms with Crippen molar-refractivity contribution in [2.45, 2.75) is 12.8 Å². The predicted molar refractivity (Wildman–Crippen MR) is 95.6 cm³/mol. The highest BCUT2D eigenvalue weighted by Gasteiger charge is 2.39. The summed E-state index contributed by atoms with van der Waals surface area (Å²) in [4.78, 5) is 4.16. The quantitative estimate of drug-likeness (QED) is 0.794. The number of nitriles is 1. The summed E-state index contributed by atoms with van der Waals surface area (Å²) >= 11 is 3.51. The zero-order valence-electron chi connectivity index (χ0n) is 12.8. The summed E-state index contributed by atoms with van der Waals surface area (Å²) in [7, 11) is 0. The molecule has 116 valence electrons. The van der Waals surface area contributed by atoms with E-state index in [9.17, 15) is 5.26 Å². The first-order valence-corrected chi connectivity index (χ1v) is 8.24. The summed E-state index contributed by atoms with van der Waals surface area (Å²) in [5.74, 6) is 0.879. The zero-order chi connectivity index (χ0) is 16.8. The summed E-state index contributed by atoms with van der Waals surface area (Å²) in [5.41, 5.74) is 4.06. The lowest BCUT2D eigenvalue weighted by Gasteiger charge is -2.28. The fourth-order valence-corrected chi connectivity index (χ4v) is 3.59. The number of nitrogens with zero attached hydrogens (tertiary/aromatic N) is 2. The van der Waals surface area contributed by atoms with Gasteiger partial charge in [-0.25, -0.2) is 0 Å². The monoisotopic (exact) mass is 377 g/mol. The summed E-state index contributed by atoms with van der Waals surface area (Å²) in [6, 6.07) is 16.1. The Hall–Kier alpha value is -2.71. The van der Waals surface area contributed by atoms with E-state index in [0.717, 1.165) is 26.9 Å². The summed E-state index contributed by atoms with van der Waals surface area (Å²) in [6.45, 7) is 2.00. The van der Waals surface area contributed by atoms with Crippen LogP contribution in [0.2, 0.25) is 0 Å². The number of aryl methyl sites for hydroxylation is 1. The van der Waals surface area contributed by atoms with Gasteiger partial charge in [0.15, 0.2) is 5.84 Å². The molecule has 0 fully saturated rings. The predicted octanol–water partition coefficient (Wildman–Crippen LogP) is 4.49. The molecule has 0 aromatic heterocycles. The van der Waals surface area contributed by atoms with Crippen molar-refractivity contribution in [3.8, 4) is 11.8 Å². The van der Waals surface area contributed by atoms with Crippen LogP contribution in [-0.4, -0.2) is 11.7 Å². The van der Waals surface area contributed by atoms with Crippen LogP contribution < -0.4 is 4.74 Å². The third-order valence-corrected chi connectivity index (χ3v) is 4.71. The number of rotatable bonds is 1. The maximum Gasteiger partial charge on any atom is 0.226 e. The van der Waals surface area contributed by atoms with Crippen molar-refractivity contribution >= 4 is 27.7 Å². The topological polar surface area (TPSA) is 69.2 Å². The molecule has 5 heteroatoms. The van der Waals surface area contributed by atoms with Crippen LogP contribution in [-0.2, 0) is 0 Å². The minimum Gasteiger partial charge on any atom is -0.438 e. The first-order valence-electron chi connectivity index (χ1n) is 7.44. The Morgan fingerprint density at radius 1 is 1.25 bits per heavy atom. The van der Waals surface area contributed by atoms with Crippen molar-refractivity contribution < 1.29 is 4.74 Å². The van der Waals surface area contributed by atoms with E-state index in [1.165, 1.54) is 0 Å². The smallest absolute Gasteiger partial charge is 0.226 e. The third kappa shape index (κ3) is 2.19. The second-order valence-electron chi connectivity index (χ2n) is 5.80. The fraction of sp³-hybridized carbons (Fsp3) is 0.105. The molecule has 2 aromatic carbocycles. The van der Waals surface area contributed by atoms with Crippen LogP contribution >= 0.6 is 15.9 Å². The van der Waals surface area contributed by atoms with Gasteiger partial charge in [-0.05, 0) is 36.2 Å². The lowest BCUT2D eigenvalue weighted by Crippen LogP contribution is -2.24. The molecule has 2 aromatic rings. The Labute approximate surface area is 147 Å². The highest BCUT2D eigenvalue weighted by Crippen LogP contribution is 2.45. The molecule has 4 nitrogen and oxygen atoms in total. The van der Waals surface area contributed by atoms with Crippen molar-refractivity contribution in [2.75, 3.05) is 0 Å². The van der Waals surface area contributed by atoms with E-state index < -0.39 is 0 Å². The number of fused-ring (bicyclic) bond motifs is 2. The highest BCUT2D eigenvalue weighted by atomic mass is 79.9. The van der Waals surface area contributed by atoms with Gasteiger partial charge in [-0.3, -0.25) is 5.41 Å². The highest BCUT2D eigenvalue weighted by molar-refractivity contribution is 9.10. The van der Waals surface area contributed by atoms with Crippen LogP contribution in [0.4, 0.5) is 0 Å². The molecule has 0 saturated carbocycles. The molecule has 0 spiro atoms. The average Bonchev–Trinajstić information content (AvgIpc) is 2.86. The van der Waals surface area contributed by atoms with Gasteiger partial charge in [-0.1, -0.05) is 40.2 Å². The minimum absolute atomic E-state index is 0.0352. The summed E-state index contributed by atoms with van der Waals surface area (Å²) < 4.78 is 6.87. The lowest BCUT2D eigenvalue weighted by molar-refractivity contribution is 0.522. The molecular formula is C19H12BrN3O. The van der Waals surface area contributed by atoms with Gasteiger partial charge in [0.2, 0.25) is 5.90 Å². The van der Waals surface area contributed by atoms with E-state index in [4.69, 9.17) is 10.1 Å². The first-order chi connectivity index (χ1) is 11.6. The molecule has 0 saturated heterocycles. The Kier molecular flexibility index (Phi) is 3.36. The van der Waals surface area contributed by atoms with Crippen LogP contribution in [0, 0.1) is 23.7 Å². The van der Waals surface area contributed by atoms with Crippen LogP contribution in [0.1, 0.15) is 22.6 Å². The molecule has 0 radical (unpaired) electrons. The molecular weight excluding hydrogens is 366 g/mol. The van der Waals surface area contributed by atoms with Crippen molar-refractivity contribution in [1.29, 1.82) is 10.7 Å². The SMILES string of the molecule is Cc1ccc2c(c1)OC1=NC(=N)C(C#N)=C1C2c1cccc(Br)c1. The van der Waals surface area contributed by atoms with E-state index in [1.807, 2.05) is 49.4 Å². The normalized spacial score (nSPS) is 18.5. The Morgan fingerprint density at radius 3 is 2.83 bits per heavy atom. The summed E-state index contributed by atoms with van der Waals surface area (Å²) in [6.07, 6.45) is 0. The number of ether oxygens (including phenoxy) is 1. The first kappa shape index (κ1) is 14.9. The number of halogens is 1. The fourth-order valence-electron chi connectivity index (χ4n) is 3.17. The molecule has 1 N–H and O–H groups in total. The van der Waals surface area contributed by atoms with E-state index in [-0.39, 0.29) is 17.3 Å². The van der Waals surface area contributed by atoms with Gasteiger partial charge in [0.1, 0.15) is 17.4 Å². The minimum atomic E-state index is -0.178. The number of nitrogens with one attached hydrogen (secondary N) is 1. The second kappa shape index (κ2) is 5.43. The van der Waals surface area contributed by atoms with Gasteiger partial charge in [0.05, 0.1) is 0 Å². The maximum absolute atomic E-state index is 9.50. The van der Waals surface area contributed by atoms with Crippen LogP contribution in [0.15, 0.2) is 63.1 Å². The Bertz CT molecular complexity index is 998. The van der Waals surface area contributed by atoms with Gasteiger partial charge in [0.25, 0.3) is 0 Å². The van der Waals surface area contributed by atoms with Crippen molar-refractivity contribution in [3.63, 3.8) is 0 Å². The van der Waals surface area contributed by atoms with Crippen LogP contribution in [0.25, 0.3) is 0 Å². The van der Waals surface area contributed by atoms with E-state index >= 15 is 0 Å². The van der Waals surface area contributed by atoms with Gasteiger partial charge < -0.3 is 4.74 Å². The molecule has 1 atom stereocenters. The molecule has 24 heavy (non-hydrogen) atoms. The molecule has 0 aliphatic carbocycles. The van der Waals surface area contributed by atoms with Crippen molar-refractivity contribution in [3.05, 3.63) is 74.8 Å². The van der Waals surface area contributed by atoms with Gasteiger partial charge >= 0.3 is 0 Å². The molecule has 2 heterocycles. The van der Waals surface area contributed by atoms with E-state index in [0.29, 0.717) is 11.5 Å². The van der Waals surface area contributed by atoms with Gasteiger partial charge in [0, 0.05) is 21.5 Å². The number of benzene rings is 2. The molecule has 0 bridgehead atoms. The number of hydrogen-bond donors (Lipinski definition) is 1. The number of aliphatic imine (C=N–C) groups is 1. The van der Waals surface area contributed by atoms with E-state index in [2.05, 4.69) is 27.0 Å². The van der Waals surface area contributed by atoms with Crippen LogP contribution in [0.3, 0.4) is 0 Å². The molecule has 4 rings (SSSR count). The number of amidine groups is 1. The lowest BCUT2D eigenvalue weighted by atomic mass is 9.81. The second-order valence-corrected chi connectivity index (χ2v) is 6.71. The summed E-state index contributed by atoms with van der Waals surface area (Å²) in [5, 5.41) is 17.5. The molecule has 1 unspecified atom stereocenters. The Balaban J connectivity index is 2.03. The van der Waals surface area contributed by atoms with Crippen molar-refractivity contribution in [2.24, 2.45) is 4.99 Å². The molecule has 0 amide bonds. The van der Waals surface area contributed by atoms with E-state index in [1.54, 1.807) is 0 Å². The maximum atomic E-state index is 9.50. The largest absolute Gasteiger partial charge is 0.438 e. The number of hydrogen-bond acceptors (Lipinski definition) is 3. The Morgan fingerprint density at radius 2 is 2.08 bits per heavy atom. The standard InChI is InChI=1S/C19H12BrN3O/c1-10-5-6-13-15(7-10)24-19-17(14(9-21)18(22)23-19)16(13)11-3-2-4-12(20)8-11/h2-8,16,22H,1H3. The van der Waals surface area contributed by atoms with Crippen LogP contribution in [0.5, 0.6) is 5.75 Å².